The quantitative estimate of drug-likeness (QED) is 0.822. The lowest BCUT2D eigenvalue weighted by Gasteiger charge is -2.39. The van der Waals surface area contributed by atoms with Crippen molar-refractivity contribution in [3.8, 4) is 0 Å². The van der Waals surface area contributed by atoms with Gasteiger partial charge in [0, 0.05) is 12.1 Å². The van der Waals surface area contributed by atoms with Crippen LogP contribution in [-0.2, 0) is 0 Å². The van der Waals surface area contributed by atoms with Gasteiger partial charge in [0.15, 0.2) is 0 Å². The lowest BCUT2D eigenvalue weighted by atomic mass is 9.73. The van der Waals surface area contributed by atoms with Crippen LogP contribution in [-0.4, -0.2) is 6.04 Å². The largest absolute Gasteiger partial charge is 0.307 e. The molecule has 0 radical (unpaired) electrons. The third-order valence-corrected chi connectivity index (χ3v) is 4.86. The van der Waals surface area contributed by atoms with E-state index in [9.17, 15) is 4.39 Å². The number of benzene rings is 1. The fraction of sp³-hybridized carbons (Fsp3) is 0.667. The molecule has 0 aromatic heterocycles. The van der Waals surface area contributed by atoms with Crippen molar-refractivity contribution in [1.29, 1.82) is 0 Å². The fourth-order valence-electron chi connectivity index (χ4n) is 3.56. The minimum absolute atomic E-state index is 0.160. The highest BCUT2D eigenvalue weighted by Crippen LogP contribution is 2.34. The first-order valence-corrected chi connectivity index (χ1v) is 7.99. The van der Waals surface area contributed by atoms with Gasteiger partial charge in [0.25, 0.3) is 0 Å². The van der Waals surface area contributed by atoms with E-state index in [1.807, 2.05) is 12.1 Å². The Morgan fingerprint density at radius 2 is 1.75 bits per heavy atom. The standard InChI is InChI=1S/C18H28FN/c1-12(2)17-10-5-13(3)11-18(17)20-14(4)15-6-8-16(19)9-7-15/h6-9,12-14,17-18,20H,5,10-11H2,1-4H3. The number of hydrogen-bond donors (Lipinski definition) is 1. The second-order valence-electron chi connectivity index (χ2n) is 6.87. The van der Waals surface area contributed by atoms with Gasteiger partial charge >= 0.3 is 0 Å². The third-order valence-electron chi connectivity index (χ3n) is 4.86. The van der Waals surface area contributed by atoms with Crippen molar-refractivity contribution in [1.82, 2.24) is 5.32 Å². The maximum atomic E-state index is 13.0. The van der Waals surface area contributed by atoms with Crippen LogP contribution < -0.4 is 5.32 Å². The molecule has 2 rings (SSSR count). The van der Waals surface area contributed by atoms with Crippen molar-refractivity contribution in [2.45, 2.75) is 59.0 Å². The highest BCUT2D eigenvalue weighted by molar-refractivity contribution is 5.19. The van der Waals surface area contributed by atoms with Gasteiger partial charge < -0.3 is 5.32 Å². The summed E-state index contributed by atoms with van der Waals surface area (Å²) in [7, 11) is 0. The highest BCUT2D eigenvalue weighted by atomic mass is 19.1. The van der Waals surface area contributed by atoms with E-state index in [4.69, 9.17) is 0 Å². The van der Waals surface area contributed by atoms with E-state index in [1.54, 1.807) is 12.1 Å². The summed E-state index contributed by atoms with van der Waals surface area (Å²) in [5.41, 5.74) is 1.17. The maximum absolute atomic E-state index is 13.0. The summed E-state index contributed by atoms with van der Waals surface area (Å²) in [4.78, 5) is 0. The van der Waals surface area contributed by atoms with Gasteiger partial charge in [-0.1, -0.05) is 39.3 Å². The molecule has 1 fully saturated rings. The number of halogens is 1. The Morgan fingerprint density at radius 1 is 1.10 bits per heavy atom. The van der Waals surface area contributed by atoms with Gasteiger partial charge in [-0.25, -0.2) is 4.39 Å². The molecule has 20 heavy (non-hydrogen) atoms. The van der Waals surface area contributed by atoms with Crippen LogP contribution in [0.25, 0.3) is 0 Å². The lowest BCUT2D eigenvalue weighted by Crippen LogP contribution is -2.43. The van der Waals surface area contributed by atoms with Crippen molar-refractivity contribution in [2.75, 3.05) is 0 Å². The average molecular weight is 277 g/mol. The molecule has 4 atom stereocenters. The van der Waals surface area contributed by atoms with Gasteiger partial charge in [0.1, 0.15) is 5.82 Å². The van der Waals surface area contributed by atoms with Gasteiger partial charge in [-0.05, 0) is 55.2 Å². The first-order chi connectivity index (χ1) is 9.47. The van der Waals surface area contributed by atoms with Crippen LogP contribution in [0.3, 0.4) is 0 Å². The Labute approximate surface area is 123 Å². The first kappa shape index (κ1) is 15.5. The summed E-state index contributed by atoms with van der Waals surface area (Å²) in [6.45, 7) is 9.20. The zero-order valence-corrected chi connectivity index (χ0v) is 13.2. The molecule has 1 aliphatic rings. The molecule has 2 heteroatoms. The predicted molar refractivity (Wildman–Crippen MR) is 83.1 cm³/mol. The third kappa shape index (κ3) is 3.82. The monoisotopic (exact) mass is 277 g/mol. The molecule has 0 aliphatic heterocycles. The molecule has 0 amide bonds. The Morgan fingerprint density at radius 3 is 2.35 bits per heavy atom. The Kier molecular flexibility index (Phi) is 5.20. The number of rotatable bonds is 4. The smallest absolute Gasteiger partial charge is 0.123 e. The van der Waals surface area contributed by atoms with Crippen molar-refractivity contribution in [3.63, 3.8) is 0 Å². The molecule has 1 aliphatic carbocycles. The lowest BCUT2D eigenvalue weighted by molar-refractivity contribution is 0.161. The summed E-state index contributed by atoms with van der Waals surface area (Å²) in [5, 5.41) is 3.79. The van der Waals surface area contributed by atoms with E-state index in [2.05, 4.69) is 33.0 Å². The molecule has 4 unspecified atom stereocenters. The van der Waals surface area contributed by atoms with Gasteiger partial charge in [0.05, 0.1) is 0 Å². The van der Waals surface area contributed by atoms with E-state index in [1.165, 1.54) is 24.8 Å². The van der Waals surface area contributed by atoms with Crippen LogP contribution in [0.15, 0.2) is 24.3 Å². The molecule has 112 valence electrons. The number of hydrogen-bond acceptors (Lipinski definition) is 1. The predicted octanol–water partition coefficient (Wildman–Crippen LogP) is 4.94. The Hall–Kier alpha value is -0.890. The second-order valence-corrected chi connectivity index (χ2v) is 6.87. The summed E-state index contributed by atoms with van der Waals surface area (Å²) in [6, 6.07) is 7.76. The molecule has 0 heterocycles. The molecule has 1 nitrogen and oxygen atoms in total. The van der Waals surface area contributed by atoms with E-state index >= 15 is 0 Å². The minimum Gasteiger partial charge on any atom is -0.307 e. The molecule has 0 spiro atoms. The van der Waals surface area contributed by atoms with Crippen molar-refractivity contribution in [2.24, 2.45) is 17.8 Å². The molecular formula is C18H28FN. The molecule has 1 aromatic carbocycles. The van der Waals surface area contributed by atoms with Crippen molar-refractivity contribution < 1.29 is 4.39 Å². The van der Waals surface area contributed by atoms with E-state index < -0.39 is 0 Å². The zero-order chi connectivity index (χ0) is 14.7. The molecule has 1 aromatic rings. The Balaban J connectivity index is 2.03. The zero-order valence-electron chi connectivity index (χ0n) is 13.2. The van der Waals surface area contributed by atoms with Crippen molar-refractivity contribution >= 4 is 0 Å². The topological polar surface area (TPSA) is 12.0 Å². The summed E-state index contributed by atoms with van der Waals surface area (Å²) in [5.74, 6) is 2.13. The normalized spacial score (nSPS) is 28.6. The van der Waals surface area contributed by atoms with Gasteiger partial charge in [0.2, 0.25) is 0 Å². The maximum Gasteiger partial charge on any atom is 0.123 e. The Bertz CT molecular complexity index is 412. The SMILES string of the molecule is CC1CCC(C(C)C)C(NC(C)c2ccc(F)cc2)C1. The molecule has 0 saturated heterocycles. The molecular weight excluding hydrogens is 249 g/mol. The van der Waals surface area contributed by atoms with E-state index in [0.717, 1.165) is 17.8 Å². The molecule has 1 N–H and O–H groups in total. The van der Waals surface area contributed by atoms with Crippen molar-refractivity contribution in [3.05, 3.63) is 35.6 Å². The minimum atomic E-state index is -0.160. The average Bonchev–Trinajstić information content (AvgIpc) is 2.39. The fourth-order valence-corrected chi connectivity index (χ4v) is 3.56. The highest BCUT2D eigenvalue weighted by Gasteiger charge is 2.31. The molecule has 1 saturated carbocycles. The van der Waals surface area contributed by atoms with Gasteiger partial charge in [-0.2, -0.15) is 0 Å². The van der Waals surface area contributed by atoms with Crippen LogP contribution in [0.2, 0.25) is 0 Å². The first-order valence-electron chi connectivity index (χ1n) is 7.99. The summed E-state index contributed by atoms with van der Waals surface area (Å²) >= 11 is 0. The molecule has 0 bridgehead atoms. The van der Waals surface area contributed by atoms with Crippen LogP contribution in [0.4, 0.5) is 4.39 Å². The van der Waals surface area contributed by atoms with Gasteiger partial charge in [-0.15, -0.1) is 0 Å². The van der Waals surface area contributed by atoms with Gasteiger partial charge in [-0.3, -0.25) is 0 Å². The number of nitrogens with one attached hydrogen (secondary N) is 1. The van der Waals surface area contributed by atoms with Crippen LogP contribution >= 0.6 is 0 Å². The van der Waals surface area contributed by atoms with Crippen LogP contribution in [0.1, 0.15) is 58.6 Å². The summed E-state index contributed by atoms with van der Waals surface area (Å²) < 4.78 is 13.0. The van der Waals surface area contributed by atoms with Crippen LogP contribution in [0.5, 0.6) is 0 Å². The van der Waals surface area contributed by atoms with E-state index in [0.29, 0.717) is 6.04 Å². The van der Waals surface area contributed by atoms with E-state index in [-0.39, 0.29) is 11.9 Å². The second kappa shape index (κ2) is 6.71. The summed E-state index contributed by atoms with van der Waals surface area (Å²) in [6.07, 6.45) is 3.94. The van der Waals surface area contributed by atoms with Crippen LogP contribution in [0, 0.1) is 23.6 Å².